The minimum absolute atomic E-state index is 0.0361. The molecule has 1 atom stereocenters. The van der Waals surface area contributed by atoms with Crippen molar-refractivity contribution in [2.24, 2.45) is 0 Å². The molecule has 134 valence electrons. The van der Waals surface area contributed by atoms with E-state index in [-0.39, 0.29) is 22.0 Å². The number of Topliss-reactive ketones (excluding diaryl/α,β-unsaturated/α-hetero) is 1. The van der Waals surface area contributed by atoms with Crippen LogP contribution in [0.4, 0.5) is 0 Å². The van der Waals surface area contributed by atoms with Crippen LogP contribution in [0.25, 0.3) is 0 Å². The predicted octanol–water partition coefficient (Wildman–Crippen LogP) is 4.38. The van der Waals surface area contributed by atoms with Crippen LogP contribution in [0, 0.1) is 0 Å². The molecule has 0 spiro atoms. The first kappa shape index (κ1) is 19.4. The van der Waals surface area contributed by atoms with Gasteiger partial charge in [-0.15, -0.1) is 0 Å². The van der Waals surface area contributed by atoms with Crippen molar-refractivity contribution < 1.29 is 4.79 Å². The van der Waals surface area contributed by atoms with Gasteiger partial charge in [0.2, 0.25) is 0 Å². The topological polar surface area (TPSA) is 62.8 Å². The number of hydrogen-bond donors (Lipinski definition) is 1. The molecule has 5 heteroatoms. The number of carbonyl (C=O) groups is 1. The van der Waals surface area contributed by atoms with E-state index in [0.29, 0.717) is 10.7 Å². The van der Waals surface area contributed by atoms with Crippen molar-refractivity contribution in [2.75, 3.05) is 0 Å². The van der Waals surface area contributed by atoms with E-state index >= 15 is 0 Å². The van der Waals surface area contributed by atoms with Gasteiger partial charge in [-0.1, -0.05) is 70.1 Å². The lowest BCUT2D eigenvalue weighted by atomic mass is 9.86. The quantitative estimate of drug-likeness (QED) is 0.473. The Morgan fingerprint density at radius 2 is 1.88 bits per heavy atom. The Morgan fingerprint density at radius 1 is 1.24 bits per heavy atom. The van der Waals surface area contributed by atoms with Crippen LogP contribution in [0.3, 0.4) is 0 Å². The number of aromatic amines is 1. The summed E-state index contributed by atoms with van der Waals surface area (Å²) in [6.45, 7) is 10.3. The SMILES string of the molecule is CCCc1cc(=O)[nH]c(S[C@@H](C)C(=O)c2ccc(C(C)(C)C)cc2)n1. The molecule has 2 rings (SSSR count). The predicted molar refractivity (Wildman–Crippen MR) is 104 cm³/mol. The fourth-order valence-electron chi connectivity index (χ4n) is 2.51. The smallest absolute Gasteiger partial charge is 0.251 e. The zero-order valence-corrected chi connectivity index (χ0v) is 16.4. The molecule has 0 aliphatic heterocycles. The normalized spacial score (nSPS) is 12.8. The number of H-pyrrole nitrogens is 1. The highest BCUT2D eigenvalue weighted by Gasteiger charge is 2.19. The number of aryl methyl sites for hydroxylation is 1. The first-order valence-corrected chi connectivity index (χ1v) is 9.50. The zero-order valence-electron chi connectivity index (χ0n) is 15.6. The number of aromatic nitrogens is 2. The number of benzene rings is 1. The average molecular weight is 359 g/mol. The van der Waals surface area contributed by atoms with Crippen molar-refractivity contribution in [1.29, 1.82) is 0 Å². The van der Waals surface area contributed by atoms with Gasteiger partial charge in [-0.2, -0.15) is 0 Å². The average Bonchev–Trinajstić information content (AvgIpc) is 2.53. The Hall–Kier alpha value is -1.88. The molecular weight excluding hydrogens is 332 g/mol. The number of nitrogens with zero attached hydrogens (tertiary/aromatic N) is 1. The Labute approximate surface area is 153 Å². The summed E-state index contributed by atoms with van der Waals surface area (Å²) in [4.78, 5) is 31.6. The maximum absolute atomic E-state index is 12.7. The van der Waals surface area contributed by atoms with Crippen LogP contribution >= 0.6 is 11.8 Å². The molecule has 1 heterocycles. The molecule has 4 nitrogen and oxygen atoms in total. The Bertz CT molecular complexity index is 789. The van der Waals surface area contributed by atoms with Crippen LogP contribution in [0.15, 0.2) is 40.3 Å². The lowest BCUT2D eigenvalue weighted by molar-refractivity contribution is 0.0994. The van der Waals surface area contributed by atoms with Crippen molar-refractivity contribution in [3.63, 3.8) is 0 Å². The van der Waals surface area contributed by atoms with Gasteiger partial charge in [-0.3, -0.25) is 9.59 Å². The number of rotatable bonds is 6. The summed E-state index contributed by atoms with van der Waals surface area (Å²) >= 11 is 1.29. The molecule has 0 radical (unpaired) electrons. The summed E-state index contributed by atoms with van der Waals surface area (Å²) in [5.74, 6) is 0.0361. The fraction of sp³-hybridized carbons (Fsp3) is 0.450. The zero-order chi connectivity index (χ0) is 18.6. The van der Waals surface area contributed by atoms with Gasteiger partial charge >= 0.3 is 0 Å². The van der Waals surface area contributed by atoms with Crippen molar-refractivity contribution in [3.05, 3.63) is 57.5 Å². The van der Waals surface area contributed by atoms with E-state index in [4.69, 9.17) is 0 Å². The Kier molecular flexibility index (Phi) is 6.22. The lowest BCUT2D eigenvalue weighted by Crippen LogP contribution is -2.17. The van der Waals surface area contributed by atoms with Gasteiger partial charge in [-0.25, -0.2) is 4.98 Å². The van der Waals surface area contributed by atoms with Crippen molar-refractivity contribution >= 4 is 17.5 Å². The van der Waals surface area contributed by atoms with E-state index < -0.39 is 0 Å². The summed E-state index contributed by atoms with van der Waals surface area (Å²) in [5.41, 5.74) is 2.53. The van der Waals surface area contributed by atoms with E-state index in [1.165, 1.54) is 23.4 Å². The molecule has 1 N–H and O–H groups in total. The minimum Gasteiger partial charge on any atom is -0.301 e. The number of carbonyl (C=O) groups excluding carboxylic acids is 1. The van der Waals surface area contributed by atoms with Crippen molar-refractivity contribution in [3.8, 4) is 0 Å². The van der Waals surface area contributed by atoms with E-state index in [0.717, 1.165) is 18.5 Å². The van der Waals surface area contributed by atoms with Gasteiger partial charge in [0, 0.05) is 17.3 Å². The minimum atomic E-state index is -0.319. The van der Waals surface area contributed by atoms with Gasteiger partial charge in [-0.05, 0) is 24.3 Å². The molecule has 0 amide bonds. The first-order chi connectivity index (χ1) is 11.7. The number of nitrogens with one attached hydrogen (secondary N) is 1. The summed E-state index contributed by atoms with van der Waals surface area (Å²) in [6, 6.07) is 9.29. The summed E-state index contributed by atoms with van der Waals surface area (Å²) in [6.07, 6.45) is 1.68. The van der Waals surface area contributed by atoms with Crippen molar-refractivity contribution in [1.82, 2.24) is 9.97 Å². The molecular formula is C20H26N2O2S. The van der Waals surface area contributed by atoms with E-state index in [1.807, 2.05) is 38.1 Å². The van der Waals surface area contributed by atoms with Gasteiger partial charge in [0.05, 0.1) is 5.25 Å². The molecule has 2 aromatic rings. The number of ketones is 1. The molecule has 1 aromatic carbocycles. The van der Waals surface area contributed by atoms with Crippen molar-refractivity contribution in [2.45, 2.75) is 63.3 Å². The molecule has 0 bridgehead atoms. The maximum atomic E-state index is 12.7. The molecule has 0 aliphatic rings. The Balaban J connectivity index is 2.14. The van der Waals surface area contributed by atoms with Gasteiger partial charge in [0.1, 0.15) is 0 Å². The second-order valence-electron chi connectivity index (χ2n) is 7.24. The number of thioether (sulfide) groups is 1. The summed E-state index contributed by atoms with van der Waals surface area (Å²) in [5, 5.41) is 0.184. The summed E-state index contributed by atoms with van der Waals surface area (Å²) in [7, 11) is 0. The third-order valence-electron chi connectivity index (χ3n) is 3.97. The van der Waals surface area contributed by atoms with Gasteiger partial charge in [0.25, 0.3) is 5.56 Å². The van der Waals surface area contributed by atoms with Crippen LogP contribution < -0.4 is 5.56 Å². The molecule has 0 saturated carbocycles. The first-order valence-electron chi connectivity index (χ1n) is 8.62. The lowest BCUT2D eigenvalue weighted by Gasteiger charge is -2.19. The van der Waals surface area contributed by atoms with E-state index in [1.54, 1.807) is 0 Å². The second-order valence-corrected chi connectivity index (χ2v) is 8.57. The molecule has 0 aliphatic carbocycles. The third kappa shape index (κ3) is 5.30. The molecule has 0 fully saturated rings. The summed E-state index contributed by atoms with van der Waals surface area (Å²) < 4.78 is 0. The molecule has 0 saturated heterocycles. The van der Waals surface area contributed by atoms with Crippen LogP contribution in [0.1, 0.15) is 62.7 Å². The van der Waals surface area contributed by atoms with Gasteiger partial charge < -0.3 is 4.98 Å². The van der Waals surface area contributed by atoms with Crippen LogP contribution in [-0.4, -0.2) is 21.0 Å². The maximum Gasteiger partial charge on any atom is 0.251 e. The second kappa shape index (κ2) is 8.00. The van der Waals surface area contributed by atoms with Crippen LogP contribution in [0.5, 0.6) is 0 Å². The molecule has 0 unspecified atom stereocenters. The Morgan fingerprint density at radius 3 is 2.44 bits per heavy atom. The standard InChI is InChI=1S/C20H26N2O2S/c1-6-7-16-12-17(23)22-19(21-16)25-13(2)18(24)14-8-10-15(11-9-14)20(3,4)5/h8-13H,6-7H2,1-5H3,(H,21,22,23)/t13-/m0/s1. The fourth-order valence-corrected chi connectivity index (χ4v) is 3.42. The largest absolute Gasteiger partial charge is 0.301 e. The van der Waals surface area contributed by atoms with Gasteiger partial charge in [0.15, 0.2) is 10.9 Å². The highest BCUT2D eigenvalue weighted by atomic mass is 32.2. The highest BCUT2D eigenvalue weighted by molar-refractivity contribution is 8.00. The monoisotopic (exact) mass is 358 g/mol. The van der Waals surface area contributed by atoms with E-state index in [2.05, 4.69) is 30.7 Å². The third-order valence-corrected chi connectivity index (χ3v) is 4.96. The van der Waals surface area contributed by atoms with Crippen LogP contribution in [0.2, 0.25) is 0 Å². The molecule has 25 heavy (non-hydrogen) atoms. The van der Waals surface area contributed by atoms with E-state index in [9.17, 15) is 9.59 Å². The molecule has 1 aromatic heterocycles. The number of hydrogen-bond acceptors (Lipinski definition) is 4. The highest BCUT2D eigenvalue weighted by Crippen LogP contribution is 2.25. The van der Waals surface area contributed by atoms with Crippen LogP contribution in [-0.2, 0) is 11.8 Å².